The molecule has 0 aromatic carbocycles. The molecule has 0 saturated carbocycles. The van der Waals surface area contributed by atoms with Crippen molar-refractivity contribution in [2.45, 2.75) is 12.8 Å². The highest BCUT2D eigenvalue weighted by Crippen LogP contribution is 2.26. The predicted molar refractivity (Wildman–Crippen MR) is 53.3 cm³/mol. The molecule has 0 unspecified atom stereocenters. The lowest BCUT2D eigenvalue weighted by molar-refractivity contribution is -0.114. The minimum atomic E-state index is 0.294. The third-order valence-corrected chi connectivity index (χ3v) is 2.85. The maximum atomic E-state index is 10.9. The van der Waals surface area contributed by atoms with Crippen LogP contribution in [0, 0.1) is 0 Å². The fourth-order valence-corrected chi connectivity index (χ4v) is 2.22. The fraction of sp³-hybridized carbons (Fsp3) is 0.667. The molecule has 0 bridgehead atoms. The smallest absolute Gasteiger partial charge is 0.156 e. The van der Waals surface area contributed by atoms with Gasteiger partial charge in [-0.3, -0.25) is 4.79 Å². The second-order valence-electron chi connectivity index (χ2n) is 3.23. The second kappa shape index (κ2) is 4.67. The van der Waals surface area contributed by atoms with Gasteiger partial charge in [0.2, 0.25) is 0 Å². The van der Waals surface area contributed by atoms with Gasteiger partial charge in [0.15, 0.2) is 5.78 Å². The van der Waals surface area contributed by atoms with Gasteiger partial charge >= 0.3 is 0 Å². The van der Waals surface area contributed by atoms with Crippen LogP contribution in [0.1, 0.15) is 12.8 Å². The number of thioether (sulfide) groups is 1. The van der Waals surface area contributed by atoms with Crippen LogP contribution in [0.2, 0.25) is 0 Å². The van der Waals surface area contributed by atoms with Crippen molar-refractivity contribution in [2.24, 2.45) is 0 Å². The molecule has 1 aliphatic rings. The normalized spacial score (nSPS) is 17.2. The molecule has 0 saturated heterocycles. The minimum Gasteiger partial charge on any atom is -0.309 e. The van der Waals surface area contributed by atoms with Crippen molar-refractivity contribution >= 4 is 17.5 Å². The number of hydrogen-bond donors (Lipinski definition) is 0. The molecule has 0 aromatic heterocycles. The highest BCUT2D eigenvalue weighted by molar-refractivity contribution is 8.03. The summed E-state index contributed by atoms with van der Waals surface area (Å²) in [6, 6.07) is 0. The minimum absolute atomic E-state index is 0.294. The van der Waals surface area contributed by atoms with Crippen LogP contribution in [0.15, 0.2) is 11.0 Å². The molecular formula is C9H15NOS. The Morgan fingerprint density at radius 2 is 2.25 bits per heavy atom. The molecule has 2 nitrogen and oxygen atoms in total. The van der Waals surface area contributed by atoms with Crippen molar-refractivity contribution in [3.63, 3.8) is 0 Å². The van der Waals surface area contributed by atoms with Crippen molar-refractivity contribution in [1.29, 1.82) is 0 Å². The van der Waals surface area contributed by atoms with Gasteiger partial charge in [-0.2, -0.15) is 0 Å². The van der Waals surface area contributed by atoms with E-state index in [1.807, 2.05) is 11.8 Å². The molecule has 0 aromatic rings. The molecule has 0 radical (unpaired) electrons. The van der Waals surface area contributed by atoms with Crippen LogP contribution in [-0.4, -0.2) is 37.1 Å². The lowest BCUT2D eigenvalue weighted by atomic mass is 10.3. The van der Waals surface area contributed by atoms with Gasteiger partial charge in [0, 0.05) is 18.7 Å². The fourth-order valence-electron chi connectivity index (χ4n) is 1.04. The summed E-state index contributed by atoms with van der Waals surface area (Å²) in [5.74, 6) is 1.38. The van der Waals surface area contributed by atoms with Gasteiger partial charge in [0.25, 0.3) is 0 Å². The van der Waals surface area contributed by atoms with Gasteiger partial charge in [-0.25, -0.2) is 0 Å². The van der Waals surface area contributed by atoms with Crippen molar-refractivity contribution in [3.8, 4) is 0 Å². The Labute approximate surface area is 78.0 Å². The Morgan fingerprint density at radius 1 is 1.50 bits per heavy atom. The van der Waals surface area contributed by atoms with E-state index in [2.05, 4.69) is 19.0 Å². The van der Waals surface area contributed by atoms with Crippen LogP contribution < -0.4 is 0 Å². The molecule has 0 fully saturated rings. The summed E-state index contributed by atoms with van der Waals surface area (Å²) in [4.78, 5) is 14.3. The highest BCUT2D eigenvalue weighted by Gasteiger charge is 2.11. The van der Waals surface area contributed by atoms with E-state index in [-0.39, 0.29) is 0 Å². The first-order valence-electron chi connectivity index (χ1n) is 4.19. The molecule has 0 N–H and O–H groups in total. The van der Waals surface area contributed by atoms with E-state index in [1.54, 1.807) is 6.08 Å². The van der Waals surface area contributed by atoms with Gasteiger partial charge in [0.05, 0.1) is 0 Å². The zero-order chi connectivity index (χ0) is 8.97. The molecule has 0 spiro atoms. The number of carbonyl (C=O) groups excluding carboxylic acids is 1. The number of hydrogen-bond acceptors (Lipinski definition) is 3. The monoisotopic (exact) mass is 185 g/mol. The quantitative estimate of drug-likeness (QED) is 0.662. The summed E-state index contributed by atoms with van der Waals surface area (Å²) >= 11 is 1.81. The average molecular weight is 185 g/mol. The first-order chi connectivity index (χ1) is 5.68. The summed E-state index contributed by atoms with van der Waals surface area (Å²) in [6.45, 7) is 1.08. The van der Waals surface area contributed by atoms with Crippen molar-refractivity contribution in [3.05, 3.63) is 11.0 Å². The number of nitrogens with zero attached hydrogens (tertiary/aromatic N) is 1. The van der Waals surface area contributed by atoms with Crippen LogP contribution in [0.3, 0.4) is 0 Å². The summed E-state index contributed by atoms with van der Waals surface area (Å²) in [5.41, 5.74) is 0. The Kier molecular flexibility index (Phi) is 3.82. The summed E-state index contributed by atoms with van der Waals surface area (Å²) < 4.78 is 0. The van der Waals surface area contributed by atoms with Gasteiger partial charge in [0.1, 0.15) is 0 Å². The number of allylic oxidation sites excluding steroid dienone is 2. The number of ketones is 1. The molecule has 0 aliphatic heterocycles. The number of rotatable bonds is 4. The maximum Gasteiger partial charge on any atom is 0.156 e. The zero-order valence-corrected chi connectivity index (χ0v) is 8.49. The van der Waals surface area contributed by atoms with E-state index in [9.17, 15) is 4.79 Å². The zero-order valence-electron chi connectivity index (χ0n) is 7.67. The van der Waals surface area contributed by atoms with Crippen molar-refractivity contribution in [1.82, 2.24) is 4.90 Å². The van der Waals surface area contributed by atoms with E-state index in [0.717, 1.165) is 25.1 Å². The Morgan fingerprint density at radius 3 is 2.75 bits per heavy atom. The van der Waals surface area contributed by atoms with Crippen LogP contribution >= 0.6 is 11.8 Å². The third kappa shape index (κ3) is 3.41. The first-order valence-corrected chi connectivity index (χ1v) is 5.18. The van der Waals surface area contributed by atoms with Crippen LogP contribution in [-0.2, 0) is 4.79 Å². The van der Waals surface area contributed by atoms with Crippen LogP contribution in [0.25, 0.3) is 0 Å². The largest absolute Gasteiger partial charge is 0.309 e. The predicted octanol–water partition coefficient (Wildman–Crippen LogP) is 1.53. The lowest BCUT2D eigenvalue weighted by Gasteiger charge is -2.08. The topological polar surface area (TPSA) is 20.3 Å². The lowest BCUT2D eigenvalue weighted by Crippen LogP contribution is -2.14. The number of carbonyl (C=O) groups is 1. The van der Waals surface area contributed by atoms with E-state index in [4.69, 9.17) is 0 Å². The Balaban J connectivity index is 2.16. The average Bonchev–Trinajstić information content (AvgIpc) is 2.35. The van der Waals surface area contributed by atoms with Gasteiger partial charge in [-0.15, -0.1) is 11.8 Å². The van der Waals surface area contributed by atoms with Crippen LogP contribution in [0.5, 0.6) is 0 Å². The molecule has 0 amide bonds. The van der Waals surface area contributed by atoms with E-state index >= 15 is 0 Å². The van der Waals surface area contributed by atoms with Crippen LogP contribution in [0.4, 0.5) is 0 Å². The molecule has 12 heavy (non-hydrogen) atoms. The van der Waals surface area contributed by atoms with E-state index in [1.165, 1.54) is 4.91 Å². The SMILES string of the molecule is CN(C)CCSC1=CC(=O)CC1. The molecule has 68 valence electrons. The van der Waals surface area contributed by atoms with Crippen molar-refractivity contribution < 1.29 is 4.79 Å². The molecule has 1 aliphatic carbocycles. The molecule has 0 atom stereocenters. The second-order valence-corrected chi connectivity index (χ2v) is 4.45. The van der Waals surface area contributed by atoms with Crippen molar-refractivity contribution in [2.75, 3.05) is 26.4 Å². The summed E-state index contributed by atoms with van der Waals surface area (Å²) in [7, 11) is 4.13. The molecular weight excluding hydrogens is 170 g/mol. The third-order valence-electron chi connectivity index (χ3n) is 1.77. The highest BCUT2D eigenvalue weighted by atomic mass is 32.2. The van der Waals surface area contributed by atoms with E-state index < -0.39 is 0 Å². The van der Waals surface area contributed by atoms with Gasteiger partial charge < -0.3 is 4.90 Å². The first kappa shape index (κ1) is 9.81. The Hall–Kier alpha value is -0.280. The van der Waals surface area contributed by atoms with Gasteiger partial charge in [-0.05, 0) is 31.5 Å². The Bertz CT molecular complexity index is 199. The molecule has 1 rings (SSSR count). The maximum absolute atomic E-state index is 10.9. The summed E-state index contributed by atoms with van der Waals surface area (Å²) in [5, 5.41) is 0. The summed E-state index contributed by atoms with van der Waals surface area (Å²) in [6.07, 6.45) is 3.49. The molecule has 0 heterocycles. The van der Waals surface area contributed by atoms with E-state index in [0.29, 0.717) is 5.78 Å². The standard InChI is InChI=1S/C9H15NOS/c1-10(2)5-6-12-9-4-3-8(11)7-9/h7H,3-6H2,1-2H3. The van der Waals surface area contributed by atoms with Gasteiger partial charge in [-0.1, -0.05) is 0 Å². The molecule has 3 heteroatoms.